The highest BCUT2D eigenvalue weighted by Gasteiger charge is 2.22. The molecule has 2 heterocycles. The normalized spacial score (nSPS) is 10.9. The molecule has 2 aromatic heterocycles. The zero-order valence-electron chi connectivity index (χ0n) is 13.8. The fourth-order valence-corrected chi connectivity index (χ4v) is 4.94. The van der Waals surface area contributed by atoms with E-state index in [0.29, 0.717) is 33.0 Å². The molecule has 1 amide bonds. The van der Waals surface area contributed by atoms with Gasteiger partial charge < -0.3 is 5.32 Å². The molecule has 0 saturated carbocycles. The van der Waals surface area contributed by atoms with Gasteiger partial charge in [0.15, 0.2) is 5.82 Å². The van der Waals surface area contributed by atoms with Crippen LogP contribution in [0.15, 0.2) is 39.7 Å². The maximum absolute atomic E-state index is 12.7. The van der Waals surface area contributed by atoms with Gasteiger partial charge in [-0.2, -0.15) is 9.47 Å². The molecule has 0 aliphatic carbocycles. The van der Waals surface area contributed by atoms with Gasteiger partial charge in [-0.05, 0) is 35.7 Å². The van der Waals surface area contributed by atoms with Crippen LogP contribution in [0.3, 0.4) is 0 Å². The predicted molar refractivity (Wildman–Crippen MR) is 111 cm³/mol. The summed E-state index contributed by atoms with van der Waals surface area (Å²) in [5, 5.41) is 8.88. The Morgan fingerprint density at radius 1 is 1.23 bits per heavy atom. The third-order valence-electron chi connectivity index (χ3n) is 3.47. The van der Waals surface area contributed by atoms with E-state index in [-0.39, 0.29) is 5.91 Å². The third kappa shape index (κ3) is 4.20. The lowest BCUT2D eigenvalue weighted by molar-refractivity contribution is 0.102. The first-order valence-electron chi connectivity index (χ1n) is 7.38. The van der Waals surface area contributed by atoms with E-state index in [1.165, 1.54) is 35.1 Å². The largest absolute Gasteiger partial charge is 0.304 e. The molecule has 5 nitrogen and oxygen atoms in total. The van der Waals surface area contributed by atoms with Gasteiger partial charge >= 0.3 is 0 Å². The number of carbonyl (C=O) groups excluding carboxylic acids is 1. The molecule has 3 rings (SSSR count). The number of amides is 1. The second kappa shape index (κ2) is 8.67. The monoisotopic (exact) mass is 444 g/mol. The number of thioether (sulfide) groups is 2. The van der Waals surface area contributed by atoms with Crippen molar-refractivity contribution < 1.29 is 4.79 Å². The van der Waals surface area contributed by atoms with Gasteiger partial charge in [0, 0.05) is 11.2 Å². The second-order valence-corrected chi connectivity index (χ2v) is 8.58. The topological polar surface area (TPSA) is 59.8 Å². The number of aromatic nitrogens is 3. The van der Waals surface area contributed by atoms with Crippen LogP contribution >= 0.6 is 58.3 Å². The number of nitrogens with one attached hydrogen (secondary N) is 1. The SMILES string of the molecule is CSc1nsc(SC)c1C(=O)Nc1nn(Cc2ccccc2Cl)cc1Cl. The zero-order chi connectivity index (χ0) is 18.7. The number of anilines is 1. The van der Waals surface area contributed by atoms with Crippen molar-refractivity contribution in [1.29, 1.82) is 0 Å². The van der Waals surface area contributed by atoms with E-state index in [4.69, 9.17) is 23.2 Å². The minimum Gasteiger partial charge on any atom is -0.304 e. The standard InChI is InChI=1S/C16H14Cl2N4OS3/c1-24-15-12(16(25-2)26-21-15)14(23)19-13-11(18)8-22(20-13)7-9-5-3-4-6-10(9)17/h3-6,8H,7H2,1-2H3,(H,19,20,23). The van der Waals surface area contributed by atoms with Gasteiger partial charge in [0.05, 0.1) is 16.3 Å². The molecule has 0 bridgehead atoms. The Morgan fingerprint density at radius 2 is 2.00 bits per heavy atom. The molecule has 10 heteroatoms. The second-order valence-electron chi connectivity index (χ2n) is 5.13. The summed E-state index contributed by atoms with van der Waals surface area (Å²) in [7, 11) is 0. The highest BCUT2D eigenvalue weighted by molar-refractivity contribution is 8.01. The molecule has 0 spiro atoms. The van der Waals surface area contributed by atoms with Gasteiger partial charge in [0.2, 0.25) is 0 Å². The zero-order valence-corrected chi connectivity index (χ0v) is 17.8. The van der Waals surface area contributed by atoms with Gasteiger partial charge in [-0.1, -0.05) is 41.4 Å². The number of carbonyl (C=O) groups is 1. The molecule has 0 unspecified atom stereocenters. The number of halogens is 2. The summed E-state index contributed by atoms with van der Waals surface area (Å²) in [6, 6.07) is 7.52. The fraction of sp³-hybridized carbons (Fsp3) is 0.188. The van der Waals surface area contributed by atoms with Gasteiger partial charge in [-0.15, -0.1) is 23.5 Å². The Hall–Kier alpha value is -1.19. The van der Waals surface area contributed by atoms with Crippen molar-refractivity contribution in [2.75, 3.05) is 17.8 Å². The maximum atomic E-state index is 12.7. The molecule has 0 radical (unpaired) electrons. The Morgan fingerprint density at radius 3 is 2.69 bits per heavy atom. The Balaban J connectivity index is 1.81. The van der Waals surface area contributed by atoms with Crippen molar-refractivity contribution >= 4 is 70.0 Å². The number of benzene rings is 1. The number of hydrogen-bond donors (Lipinski definition) is 1. The van der Waals surface area contributed by atoms with Crippen LogP contribution in [0.2, 0.25) is 10.0 Å². The first-order chi connectivity index (χ1) is 12.5. The molecule has 0 atom stereocenters. The average molecular weight is 445 g/mol. The third-order valence-corrected chi connectivity index (χ3v) is 6.86. The van der Waals surface area contributed by atoms with Crippen molar-refractivity contribution in [3.63, 3.8) is 0 Å². The highest BCUT2D eigenvalue weighted by Crippen LogP contribution is 2.33. The van der Waals surface area contributed by atoms with Crippen LogP contribution < -0.4 is 5.32 Å². The quantitative estimate of drug-likeness (QED) is 0.516. The summed E-state index contributed by atoms with van der Waals surface area (Å²) < 4.78 is 6.82. The highest BCUT2D eigenvalue weighted by atomic mass is 35.5. The summed E-state index contributed by atoms with van der Waals surface area (Å²) in [5.74, 6) is 0.0476. The van der Waals surface area contributed by atoms with Crippen LogP contribution in [-0.2, 0) is 6.54 Å². The number of rotatable bonds is 6. The van der Waals surface area contributed by atoms with Gasteiger partial charge in [0.25, 0.3) is 5.91 Å². The van der Waals surface area contributed by atoms with Crippen LogP contribution in [0.25, 0.3) is 0 Å². The van der Waals surface area contributed by atoms with Crippen LogP contribution in [0.4, 0.5) is 5.82 Å². The molecule has 3 aromatic rings. The van der Waals surface area contributed by atoms with E-state index in [9.17, 15) is 4.79 Å². The first kappa shape index (κ1) is 19.6. The number of hydrogen-bond acceptors (Lipinski definition) is 6. The molecule has 0 aliphatic heterocycles. The van der Waals surface area contributed by atoms with E-state index in [0.717, 1.165) is 9.77 Å². The molecule has 136 valence electrons. The Kier molecular flexibility index (Phi) is 6.52. The smallest absolute Gasteiger partial charge is 0.261 e. The first-order valence-corrected chi connectivity index (χ1v) is 11.4. The average Bonchev–Trinajstić information content (AvgIpc) is 3.20. The molecule has 26 heavy (non-hydrogen) atoms. The predicted octanol–water partition coefficient (Wildman–Crippen LogP) is 5.39. The lowest BCUT2D eigenvalue weighted by atomic mass is 10.2. The van der Waals surface area contributed by atoms with Crippen molar-refractivity contribution in [3.05, 3.63) is 51.6 Å². The van der Waals surface area contributed by atoms with Crippen LogP contribution in [-0.4, -0.2) is 32.6 Å². The molecular formula is C16H14Cl2N4OS3. The summed E-state index contributed by atoms with van der Waals surface area (Å²) in [6.07, 6.45) is 5.47. The van der Waals surface area contributed by atoms with Crippen molar-refractivity contribution in [2.24, 2.45) is 0 Å². The van der Waals surface area contributed by atoms with E-state index >= 15 is 0 Å². The van der Waals surface area contributed by atoms with Gasteiger partial charge in [-0.3, -0.25) is 9.48 Å². The molecule has 1 aromatic carbocycles. The minimum absolute atomic E-state index is 0.266. The summed E-state index contributed by atoms with van der Waals surface area (Å²) in [5.41, 5.74) is 1.48. The summed E-state index contributed by atoms with van der Waals surface area (Å²) >= 11 is 16.7. The van der Waals surface area contributed by atoms with Crippen molar-refractivity contribution in [2.45, 2.75) is 15.8 Å². The molecule has 0 aliphatic rings. The molecular weight excluding hydrogens is 431 g/mol. The molecule has 1 N–H and O–H groups in total. The Bertz CT molecular complexity index is 920. The van der Waals surface area contributed by atoms with Gasteiger partial charge in [0.1, 0.15) is 10.0 Å². The lowest BCUT2D eigenvalue weighted by Crippen LogP contribution is -2.14. The van der Waals surface area contributed by atoms with Gasteiger partial charge in [-0.25, -0.2) is 0 Å². The van der Waals surface area contributed by atoms with E-state index in [1.54, 1.807) is 10.9 Å². The van der Waals surface area contributed by atoms with E-state index in [2.05, 4.69) is 14.8 Å². The lowest BCUT2D eigenvalue weighted by Gasteiger charge is -2.05. The maximum Gasteiger partial charge on any atom is 0.261 e. The molecule has 0 saturated heterocycles. The summed E-state index contributed by atoms with van der Waals surface area (Å²) in [6.45, 7) is 0.460. The van der Waals surface area contributed by atoms with E-state index < -0.39 is 0 Å². The fourth-order valence-electron chi connectivity index (χ4n) is 2.26. The molecule has 0 fully saturated rings. The van der Waals surface area contributed by atoms with Crippen molar-refractivity contribution in [1.82, 2.24) is 14.2 Å². The van der Waals surface area contributed by atoms with Crippen LogP contribution in [0.1, 0.15) is 15.9 Å². The van der Waals surface area contributed by atoms with E-state index in [1.807, 2.05) is 36.8 Å². The van der Waals surface area contributed by atoms with Crippen molar-refractivity contribution in [3.8, 4) is 0 Å². The van der Waals surface area contributed by atoms with Crippen LogP contribution in [0, 0.1) is 0 Å². The van der Waals surface area contributed by atoms with Crippen LogP contribution in [0.5, 0.6) is 0 Å². The Labute approximate surface area is 173 Å². The summed E-state index contributed by atoms with van der Waals surface area (Å²) in [4.78, 5) is 12.7. The minimum atomic E-state index is -0.266. The number of nitrogens with zero attached hydrogens (tertiary/aromatic N) is 3.